The van der Waals surface area contributed by atoms with Crippen LogP contribution >= 0.6 is 23.6 Å². The number of hydrazine groups is 1. The van der Waals surface area contributed by atoms with Gasteiger partial charge in [0, 0.05) is 23.5 Å². The van der Waals surface area contributed by atoms with Gasteiger partial charge in [0.2, 0.25) is 0 Å². The molecule has 0 saturated carbocycles. The van der Waals surface area contributed by atoms with Crippen LogP contribution in [0.5, 0.6) is 11.5 Å². The second kappa shape index (κ2) is 10.5. The highest BCUT2D eigenvalue weighted by Crippen LogP contribution is 2.36. The van der Waals surface area contributed by atoms with Crippen LogP contribution in [0.1, 0.15) is 12.5 Å². The van der Waals surface area contributed by atoms with E-state index in [1.807, 2.05) is 48.3 Å². The van der Waals surface area contributed by atoms with E-state index >= 15 is 0 Å². The Hall–Kier alpha value is -3.43. The average Bonchev–Trinajstić information content (AvgIpc) is 3.31. The maximum Gasteiger partial charge on any atom is 0.185 e. The first-order valence-corrected chi connectivity index (χ1v) is 11.7. The SMILES string of the molecule is CCN(NC(=S)NCc1cc(OC)ccc1OC)c1ncnc2cc(-c3ccccc3)sc12. The van der Waals surface area contributed by atoms with Crippen molar-refractivity contribution in [3.63, 3.8) is 0 Å². The Kier molecular flexibility index (Phi) is 7.21. The van der Waals surface area contributed by atoms with E-state index in [0.717, 1.165) is 43.5 Å². The van der Waals surface area contributed by atoms with Crippen molar-refractivity contribution in [2.45, 2.75) is 13.5 Å². The molecule has 0 unspecified atom stereocenters. The first kappa shape index (κ1) is 22.8. The molecule has 2 N–H and O–H groups in total. The number of thiophene rings is 1. The minimum Gasteiger partial charge on any atom is -0.497 e. The maximum absolute atomic E-state index is 5.56. The Labute approximate surface area is 202 Å². The highest BCUT2D eigenvalue weighted by Gasteiger charge is 2.16. The second-order valence-corrected chi connectivity index (χ2v) is 8.57. The molecule has 2 aromatic heterocycles. The Morgan fingerprint density at radius 2 is 1.88 bits per heavy atom. The third kappa shape index (κ3) is 5.15. The summed E-state index contributed by atoms with van der Waals surface area (Å²) in [4.78, 5) is 10.2. The number of hydrogen-bond donors (Lipinski definition) is 2. The van der Waals surface area contributed by atoms with Gasteiger partial charge in [-0.1, -0.05) is 30.3 Å². The number of aromatic nitrogens is 2. The van der Waals surface area contributed by atoms with E-state index in [0.29, 0.717) is 18.2 Å². The molecule has 0 amide bonds. The lowest BCUT2D eigenvalue weighted by atomic mass is 10.2. The molecule has 0 bridgehead atoms. The number of benzene rings is 2. The summed E-state index contributed by atoms with van der Waals surface area (Å²) in [5, 5.41) is 5.65. The third-order valence-corrected chi connectivity index (χ3v) is 6.49. The smallest absolute Gasteiger partial charge is 0.185 e. The first-order valence-electron chi connectivity index (χ1n) is 10.5. The van der Waals surface area contributed by atoms with Crippen molar-refractivity contribution >= 4 is 44.7 Å². The number of hydrogen-bond acceptors (Lipinski definition) is 7. The van der Waals surface area contributed by atoms with Gasteiger partial charge in [0.1, 0.15) is 17.8 Å². The maximum atomic E-state index is 5.56. The molecule has 0 aliphatic carbocycles. The molecule has 0 saturated heterocycles. The number of rotatable bonds is 8. The predicted octanol–water partition coefficient (Wildman–Crippen LogP) is 4.78. The van der Waals surface area contributed by atoms with Crippen molar-refractivity contribution in [1.82, 2.24) is 20.7 Å². The van der Waals surface area contributed by atoms with Gasteiger partial charge in [-0.25, -0.2) is 9.97 Å². The monoisotopic (exact) mass is 479 g/mol. The molecule has 2 aromatic carbocycles. The van der Waals surface area contributed by atoms with Crippen LogP contribution in [0.2, 0.25) is 0 Å². The molecule has 0 radical (unpaired) electrons. The van der Waals surface area contributed by atoms with Crippen molar-refractivity contribution in [2.75, 3.05) is 25.8 Å². The molecule has 0 spiro atoms. The fourth-order valence-corrected chi connectivity index (χ4v) is 4.72. The number of nitrogens with zero attached hydrogens (tertiary/aromatic N) is 3. The van der Waals surface area contributed by atoms with Crippen molar-refractivity contribution in [2.24, 2.45) is 0 Å². The van der Waals surface area contributed by atoms with Gasteiger partial charge in [0.15, 0.2) is 10.9 Å². The molecule has 2 heterocycles. The van der Waals surface area contributed by atoms with Crippen molar-refractivity contribution in [3.8, 4) is 21.9 Å². The predicted molar refractivity (Wildman–Crippen MR) is 138 cm³/mol. The molecular formula is C24H25N5O2S2. The van der Waals surface area contributed by atoms with E-state index < -0.39 is 0 Å². The molecule has 0 fully saturated rings. The van der Waals surface area contributed by atoms with E-state index in [9.17, 15) is 0 Å². The quantitative estimate of drug-likeness (QED) is 0.276. The van der Waals surface area contributed by atoms with Gasteiger partial charge in [-0.3, -0.25) is 10.4 Å². The molecule has 0 aliphatic heterocycles. The summed E-state index contributed by atoms with van der Waals surface area (Å²) in [6.07, 6.45) is 1.58. The number of ether oxygens (including phenoxy) is 2. The Morgan fingerprint density at radius 3 is 2.61 bits per heavy atom. The van der Waals surface area contributed by atoms with Crippen molar-refractivity contribution in [1.29, 1.82) is 0 Å². The van der Waals surface area contributed by atoms with Gasteiger partial charge >= 0.3 is 0 Å². The third-order valence-electron chi connectivity index (χ3n) is 5.09. The van der Waals surface area contributed by atoms with Crippen LogP contribution in [-0.2, 0) is 6.54 Å². The van der Waals surface area contributed by atoms with Gasteiger partial charge in [0.05, 0.1) is 24.4 Å². The normalized spacial score (nSPS) is 10.6. The summed E-state index contributed by atoms with van der Waals surface area (Å²) in [5.41, 5.74) is 6.27. The standard InChI is InChI=1S/C24H25N5O2S2/c1-4-29(28-24(32)25-14-17-12-18(30-2)10-11-20(17)31-3)23-22-19(26-15-27-23)13-21(33-22)16-8-6-5-7-9-16/h5-13,15H,4,14H2,1-3H3,(H2,25,28,32). The molecule has 9 heteroatoms. The summed E-state index contributed by atoms with van der Waals surface area (Å²) in [7, 11) is 3.28. The van der Waals surface area contributed by atoms with Gasteiger partial charge in [-0.2, -0.15) is 0 Å². The number of fused-ring (bicyclic) bond motifs is 1. The minimum atomic E-state index is 0.480. The Morgan fingerprint density at radius 1 is 1.06 bits per heavy atom. The molecule has 4 rings (SSSR count). The Bertz CT molecular complexity index is 1250. The van der Waals surface area contributed by atoms with Crippen LogP contribution in [0.4, 0.5) is 5.82 Å². The van der Waals surface area contributed by atoms with Gasteiger partial charge in [0.25, 0.3) is 0 Å². The zero-order chi connectivity index (χ0) is 23.2. The van der Waals surface area contributed by atoms with E-state index in [1.54, 1.807) is 31.9 Å². The van der Waals surface area contributed by atoms with Gasteiger partial charge in [-0.15, -0.1) is 11.3 Å². The lowest BCUT2D eigenvalue weighted by molar-refractivity contribution is 0.398. The zero-order valence-corrected chi connectivity index (χ0v) is 20.3. The second-order valence-electron chi connectivity index (χ2n) is 7.10. The van der Waals surface area contributed by atoms with E-state index in [2.05, 4.69) is 38.9 Å². The topological polar surface area (TPSA) is 71.5 Å². The summed E-state index contributed by atoms with van der Waals surface area (Å²) in [6.45, 7) is 3.19. The van der Waals surface area contributed by atoms with E-state index in [4.69, 9.17) is 21.7 Å². The fraction of sp³-hybridized carbons (Fsp3) is 0.208. The molecule has 170 valence electrons. The zero-order valence-electron chi connectivity index (χ0n) is 18.7. The summed E-state index contributed by atoms with van der Waals surface area (Å²) >= 11 is 7.23. The molecular weight excluding hydrogens is 454 g/mol. The Balaban J connectivity index is 1.51. The van der Waals surface area contributed by atoms with Crippen molar-refractivity contribution < 1.29 is 9.47 Å². The number of nitrogens with one attached hydrogen (secondary N) is 2. The van der Waals surface area contributed by atoms with Gasteiger partial charge < -0.3 is 14.8 Å². The lowest BCUT2D eigenvalue weighted by Gasteiger charge is -2.25. The summed E-state index contributed by atoms with van der Waals surface area (Å²) in [6, 6.07) is 18.0. The van der Waals surface area contributed by atoms with Crippen LogP contribution < -0.4 is 25.2 Å². The largest absolute Gasteiger partial charge is 0.497 e. The van der Waals surface area contributed by atoms with E-state index in [1.165, 1.54) is 0 Å². The molecule has 0 aliphatic rings. The van der Waals surface area contributed by atoms with E-state index in [-0.39, 0.29) is 0 Å². The summed E-state index contributed by atoms with van der Waals surface area (Å²) < 4.78 is 11.8. The van der Waals surface area contributed by atoms with Crippen LogP contribution in [0.3, 0.4) is 0 Å². The number of anilines is 1. The molecule has 7 nitrogen and oxygen atoms in total. The molecule has 4 aromatic rings. The highest BCUT2D eigenvalue weighted by molar-refractivity contribution is 7.80. The lowest BCUT2D eigenvalue weighted by Crippen LogP contribution is -2.47. The number of thiocarbonyl (C=S) groups is 1. The first-order chi connectivity index (χ1) is 16.1. The number of methoxy groups -OCH3 is 2. The van der Waals surface area contributed by atoms with Crippen LogP contribution in [0.15, 0.2) is 60.9 Å². The van der Waals surface area contributed by atoms with Crippen LogP contribution in [0, 0.1) is 0 Å². The average molecular weight is 480 g/mol. The minimum absolute atomic E-state index is 0.480. The molecule has 0 atom stereocenters. The van der Waals surface area contributed by atoms with Gasteiger partial charge in [-0.05, 0) is 49.0 Å². The summed E-state index contributed by atoms with van der Waals surface area (Å²) in [5.74, 6) is 2.32. The molecule has 33 heavy (non-hydrogen) atoms. The highest BCUT2D eigenvalue weighted by atomic mass is 32.1. The van der Waals surface area contributed by atoms with Crippen LogP contribution in [0.25, 0.3) is 20.7 Å². The van der Waals surface area contributed by atoms with Crippen LogP contribution in [-0.4, -0.2) is 35.8 Å². The fourth-order valence-electron chi connectivity index (χ4n) is 3.42. The van der Waals surface area contributed by atoms with Crippen molar-refractivity contribution in [3.05, 3.63) is 66.5 Å².